The SMILES string of the molecule is CCCOc1ccc(CC(C)N)c(OCC#N)c1. The van der Waals surface area contributed by atoms with Gasteiger partial charge in [-0.1, -0.05) is 13.0 Å². The lowest BCUT2D eigenvalue weighted by atomic mass is 10.1. The molecule has 4 nitrogen and oxygen atoms in total. The van der Waals surface area contributed by atoms with Crippen LogP contribution in [-0.4, -0.2) is 19.3 Å². The van der Waals surface area contributed by atoms with Crippen LogP contribution < -0.4 is 15.2 Å². The minimum absolute atomic E-state index is 0.0309. The molecule has 0 amide bonds. The van der Waals surface area contributed by atoms with Gasteiger partial charge < -0.3 is 15.2 Å². The lowest BCUT2D eigenvalue weighted by molar-refractivity contribution is 0.311. The Labute approximate surface area is 108 Å². The molecule has 1 rings (SSSR count). The van der Waals surface area contributed by atoms with Gasteiger partial charge in [-0.15, -0.1) is 0 Å². The van der Waals surface area contributed by atoms with Gasteiger partial charge in [0.15, 0.2) is 6.61 Å². The van der Waals surface area contributed by atoms with Gasteiger partial charge in [-0.3, -0.25) is 0 Å². The average molecular weight is 248 g/mol. The van der Waals surface area contributed by atoms with Gasteiger partial charge in [0.25, 0.3) is 0 Å². The monoisotopic (exact) mass is 248 g/mol. The Balaban J connectivity index is 2.85. The molecule has 18 heavy (non-hydrogen) atoms. The van der Waals surface area contributed by atoms with Crippen molar-refractivity contribution in [2.24, 2.45) is 5.73 Å². The maximum Gasteiger partial charge on any atom is 0.174 e. The van der Waals surface area contributed by atoms with Gasteiger partial charge in [0.05, 0.1) is 6.61 Å². The summed E-state index contributed by atoms with van der Waals surface area (Å²) in [4.78, 5) is 0. The van der Waals surface area contributed by atoms with Crippen LogP contribution in [0.25, 0.3) is 0 Å². The number of benzene rings is 1. The van der Waals surface area contributed by atoms with Gasteiger partial charge in [0, 0.05) is 12.1 Å². The molecular formula is C14H20N2O2. The lowest BCUT2D eigenvalue weighted by Crippen LogP contribution is -2.18. The first-order valence-corrected chi connectivity index (χ1v) is 6.18. The highest BCUT2D eigenvalue weighted by molar-refractivity contribution is 5.41. The predicted octanol–water partition coefficient (Wildman–Crippen LogP) is 2.27. The van der Waals surface area contributed by atoms with E-state index in [-0.39, 0.29) is 12.6 Å². The molecule has 0 saturated heterocycles. The van der Waals surface area contributed by atoms with E-state index in [1.807, 2.05) is 31.2 Å². The first kappa shape index (κ1) is 14.3. The van der Waals surface area contributed by atoms with Crippen molar-refractivity contribution >= 4 is 0 Å². The van der Waals surface area contributed by atoms with Crippen molar-refractivity contribution in [3.63, 3.8) is 0 Å². The molecule has 0 aliphatic rings. The van der Waals surface area contributed by atoms with Gasteiger partial charge in [0.1, 0.15) is 17.6 Å². The van der Waals surface area contributed by atoms with Crippen LogP contribution in [0.3, 0.4) is 0 Å². The minimum Gasteiger partial charge on any atom is -0.493 e. The van der Waals surface area contributed by atoms with E-state index >= 15 is 0 Å². The second kappa shape index (κ2) is 7.57. The van der Waals surface area contributed by atoms with Gasteiger partial charge >= 0.3 is 0 Å². The second-order valence-electron chi connectivity index (χ2n) is 4.25. The molecule has 0 aliphatic heterocycles. The van der Waals surface area contributed by atoms with E-state index in [4.69, 9.17) is 20.5 Å². The zero-order chi connectivity index (χ0) is 13.4. The van der Waals surface area contributed by atoms with Gasteiger partial charge in [-0.05, 0) is 31.4 Å². The first-order valence-electron chi connectivity index (χ1n) is 6.18. The number of nitrogens with zero attached hydrogens (tertiary/aromatic N) is 1. The highest BCUT2D eigenvalue weighted by atomic mass is 16.5. The first-order chi connectivity index (χ1) is 8.67. The largest absolute Gasteiger partial charge is 0.493 e. The van der Waals surface area contributed by atoms with Crippen molar-refractivity contribution in [3.8, 4) is 17.6 Å². The Morgan fingerprint density at radius 2 is 2.17 bits per heavy atom. The van der Waals surface area contributed by atoms with Gasteiger partial charge in [-0.2, -0.15) is 5.26 Å². The molecule has 0 radical (unpaired) electrons. The Morgan fingerprint density at radius 3 is 2.78 bits per heavy atom. The van der Waals surface area contributed by atoms with Gasteiger partial charge in [0.2, 0.25) is 0 Å². The van der Waals surface area contributed by atoms with Gasteiger partial charge in [-0.25, -0.2) is 0 Å². The van der Waals surface area contributed by atoms with Crippen LogP contribution in [0, 0.1) is 11.3 Å². The van der Waals surface area contributed by atoms with Crippen molar-refractivity contribution in [2.45, 2.75) is 32.7 Å². The van der Waals surface area contributed by atoms with Crippen molar-refractivity contribution < 1.29 is 9.47 Å². The summed E-state index contributed by atoms with van der Waals surface area (Å²) in [6.07, 6.45) is 1.67. The zero-order valence-electron chi connectivity index (χ0n) is 11.0. The Hall–Kier alpha value is -1.73. The molecule has 0 saturated carbocycles. The molecule has 0 spiro atoms. The summed E-state index contributed by atoms with van der Waals surface area (Å²) in [7, 11) is 0. The molecule has 0 aliphatic carbocycles. The Kier molecular flexibility index (Phi) is 6.03. The van der Waals surface area contributed by atoms with Crippen LogP contribution in [-0.2, 0) is 6.42 Å². The molecule has 1 unspecified atom stereocenters. The number of ether oxygens (including phenoxy) is 2. The second-order valence-corrected chi connectivity index (χ2v) is 4.25. The van der Waals surface area contributed by atoms with E-state index in [0.717, 1.165) is 24.2 Å². The van der Waals surface area contributed by atoms with E-state index in [2.05, 4.69) is 6.92 Å². The van der Waals surface area contributed by atoms with Crippen LogP contribution >= 0.6 is 0 Å². The molecule has 0 bridgehead atoms. The average Bonchev–Trinajstić information content (AvgIpc) is 2.35. The van der Waals surface area contributed by atoms with E-state index in [1.54, 1.807) is 0 Å². The maximum absolute atomic E-state index is 8.58. The molecule has 1 aromatic rings. The smallest absolute Gasteiger partial charge is 0.174 e. The molecule has 1 atom stereocenters. The molecule has 0 fully saturated rings. The number of hydrogen-bond donors (Lipinski definition) is 1. The molecule has 98 valence electrons. The van der Waals surface area contributed by atoms with Crippen molar-refractivity contribution in [1.82, 2.24) is 0 Å². The van der Waals surface area contributed by atoms with Crippen LogP contribution in [0.2, 0.25) is 0 Å². The molecule has 2 N–H and O–H groups in total. The van der Waals surface area contributed by atoms with E-state index in [1.165, 1.54) is 0 Å². The fourth-order valence-corrected chi connectivity index (χ4v) is 1.60. The normalized spacial score (nSPS) is 11.7. The summed E-state index contributed by atoms with van der Waals surface area (Å²) in [5.41, 5.74) is 6.79. The predicted molar refractivity (Wildman–Crippen MR) is 70.7 cm³/mol. The highest BCUT2D eigenvalue weighted by Crippen LogP contribution is 2.26. The maximum atomic E-state index is 8.58. The van der Waals surface area contributed by atoms with Crippen LogP contribution in [0.4, 0.5) is 0 Å². The lowest BCUT2D eigenvalue weighted by Gasteiger charge is -2.13. The summed E-state index contributed by atoms with van der Waals surface area (Å²) < 4.78 is 11.0. The Morgan fingerprint density at radius 1 is 1.39 bits per heavy atom. The molecule has 1 aromatic carbocycles. The summed E-state index contributed by atoms with van der Waals surface area (Å²) >= 11 is 0. The molecular weight excluding hydrogens is 228 g/mol. The third-order valence-corrected chi connectivity index (χ3v) is 2.35. The van der Waals surface area contributed by atoms with E-state index < -0.39 is 0 Å². The van der Waals surface area contributed by atoms with Crippen molar-refractivity contribution in [3.05, 3.63) is 23.8 Å². The van der Waals surface area contributed by atoms with E-state index in [0.29, 0.717) is 12.4 Å². The number of nitrogens with two attached hydrogens (primary N) is 1. The highest BCUT2D eigenvalue weighted by Gasteiger charge is 2.08. The number of nitriles is 1. The van der Waals surface area contributed by atoms with E-state index in [9.17, 15) is 0 Å². The molecule has 0 heterocycles. The number of hydrogen-bond acceptors (Lipinski definition) is 4. The molecule has 4 heteroatoms. The third-order valence-electron chi connectivity index (χ3n) is 2.35. The third kappa shape index (κ3) is 4.64. The van der Waals surface area contributed by atoms with Crippen molar-refractivity contribution in [2.75, 3.05) is 13.2 Å². The summed E-state index contributed by atoms with van der Waals surface area (Å²) in [5.74, 6) is 1.45. The van der Waals surface area contributed by atoms with Crippen LogP contribution in [0.1, 0.15) is 25.8 Å². The fraction of sp³-hybridized carbons (Fsp3) is 0.500. The molecule has 0 aromatic heterocycles. The topological polar surface area (TPSA) is 68.3 Å². The fourth-order valence-electron chi connectivity index (χ4n) is 1.60. The minimum atomic E-state index is 0.0309. The van der Waals surface area contributed by atoms with Crippen LogP contribution in [0.15, 0.2) is 18.2 Å². The zero-order valence-corrected chi connectivity index (χ0v) is 11.0. The number of rotatable bonds is 7. The standard InChI is InChI=1S/C14H20N2O2/c1-3-7-17-13-5-4-12(9-11(2)16)14(10-13)18-8-6-15/h4-5,10-11H,3,7-9,16H2,1-2H3. The summed E-state index contributed by atoms with van der Waals surface area (Å²) in [5, 5.41) is 8.58. The Bertz CT molecular complexity index is 411. The summed E-state index contributed by atoms with van der Waals surface area (Å²) in [6.45, 7) is 4.70. The summed E-state index contributed by atoms with van der Waals surface area (Å²) in [6, 6.07) is 7.70. The quantitative estimate of drug-likeness (QED) is 0.803. The van der Waals surface area contributed by atoms with Crippen LogP contribution in [0.5, 0.6) is 11.5 Å². The van der Waals surface area contributed by atoms with Crippen molar-refractivity contribution in [1.29, 1.82) is 5.26 Å².